The molecule has 1 fully saturated rings. The number of nitrogen functional groups attached to an aromatic ring is 1. The molecule has 174 valence electrons. The number of nitrogens with zero attached hydrogens (tertiary/aromatic N) is 7. The van der Waals surface area contributed by atoms with Crippen molar-refractivity contribution in [3.63, 3.8) is 0 Å². The SMILES string of the molecule is COc1ccc(C=NNC(=O)c2c(CN3CCOCC3)nnn2-c2nonc2N)c(OC)c1. The zero-order valence-corrected chi connectivity index (χ0v) is 18.1. The predicted octanol–water partition coefficient (Wildman–Crippen LogP) is -0.154. The molecule has 3 heterocycles. The molecule has 0 spiro atoms. The third-order valence-corrected chi connectivity index (χ3v) is 4.94. The first kappa shape index (κ1) is 22.2. The van der Waals surface area contributed by atoms with Gasteiger partial charge in [-0.1, -0.05) is 5.21 Å². The van der Waals surface area contributed by atoms with Gasteiger partial charge in [0.15, 0.2) is 5.69 Å². The average molecular weight is 457 g/mol. The largest absolute Gasteiger partial charge is 0.497 e. The van der Waals surface area contributed by atoms with E-state index in [-0.39, 0.29) is 17.3 Å². The van der Waals surface area contributed by atoms with Gasteiger partial charge in [-0.2, -0.15) is 9.78 Å². The minimum atomic E-state index is -0.561. The quantitative estimate of drug-likeness (QED) is 0.341. The molecule has 14 heteroatoms. The van der Waals surface area contributed by atoms with Gasteiger partial charge in [-0.25, -0.2) is 10.1 Å². The number of amides is 1. The number of methoxy groups -OCH3 is 2. The lowest BCUT2D eigenvalue weighted by Gasteiger charge is -2.25. The number of ether oxygens (including phenoxy) is 3. The smallest absolute Gasteiger partial charge is 0.292 e. The van der Waals surface area contributed by atoms with Crippen LogP contribution < -0.4 is 20.6 Å². The Morgan fingerprint density at radius 3 is 2.79 bits per heavy atom. The first-order valence-electron chi connectivity index (χ1n) is 9.99. The topological polar surface area (TPSA) is 168 Å². The second-order valence-electron chi connectivity index (χ2n) is 6.97. The van der Waals surface area contributed by atoms with Gasteiger partial charge in [0.05, 0.1) is 33.6 Å². The highest BCUT2D eigenvalue weighted by Crippen LogP contribution is 2.23. The van der Waals surface area contributed by atoms with Crippen molar-refractivity contribution in [2.24, 2.45) is 5.10 Å². The zero-order valence-electron chi connectivity index (χ0n) is 18.1. The van der Waals surface area contributed by atoms with Crippen molar-refractivity contribution >= 4 is 17.9 Å². The van der Waals surface area contributed by atoms with E-state index >= 15 is 0 Å². The van der Waals surface area contributed by atoms with Crippen molar-refractivity contribution in [1.29, 1.82) is 0 Å². The Morgan fingerprint density at radius 1 is 1.27 bits per heavy atom. The fourth-order valence-corrected chi connectivity index (χ4v) is 3.24. The lowest BCUT2D eigenvalue weighted by atomic mass is 10.2. The summed E-state index contributed by atoms with van der Waals surface area (Å²) >= 11 is 0. The molecular formula is C19H23N9O5. The second kappa shape index (κ2) is 10.1. The van der Waals surface area contributed by atoms with Crippen LogP contribution in [0.3, 0.4) is 0 Å². The molecule has 33 heavy (non-hydrogen) atoms. The molecule has 0 saturated carbocycles. The molecule has 0 bridgehead atoms. The van der Waals surface area contributed by atoms with Crippen molar-refractivity contribution in [3.05, 3.63) is 35.2 Å². The van der Waals surface area contributed by atoms with Crippen LogP contribution in [0.25, 0.3) is 5.82 Å². The maximum Gasteiger partial charge on any atom is 0.292 e. The van der Waals surface area contributed by atoms with Crippen LogP contribution in [0.5, 0.6) is 11.5 Å². The summed E-state index contributed by atoms with van der Waals surface area (Å²) in [6.45, 7) is 2.99. The highest BCUT2D eigenvalue weighted by atomic mass is 16.6. The van der Waals surface area contributed by atoms with Crippen LogP contribution in [0.2, 0.25) is 0 Å². The van der Waals surface area contributed by atoms with E-state index in [9.17, 15) is 4.79 Å². The number of benzene rings is 1. The number of rotatable bonds is 8. The Labute approximate surface area is 188 Å². The Bertz CT molecular complexity index is 1140. The van der Waals surface area contributed by atoms with Gasteiger partial charge in [-0.3, -0.25) is 9.69 Å². The minimum Gasteiger partial charge on any atom is -0.497 e. The summed E-state index contributed by atoms with van der Waals surface area (Å²) in [5.74, 6) is 0.637. The lowest BCUT2D eigenvalue weighted by Crippen LogP contribution is -2.36. The maximum absolute atomic E-state index is 13.1. The van der Waals surface area contributed by atoms with Crippen molar-refractivity contribution in [3.8, 4) is 17.3 Å². The van der Waals surface area contributed by atoms with Gasteiger partial charge in [-0.05, 0) is 22.4 Å². The van der Waals surface area contributed by atoms with Crippen LogP contribution >= 0.6 is 0 Å². The van der Waals surface area contributed by atoms with E-state index in [0.29, 0.717) is 55.6 Å². The molecule has 1 saturated heterocycles. The number of nitrogens with two attached hydrogens (primary N) is 1. The molecule has 1 amide bonds. The summed E-state index contributed by atoms with van der Waals surface area (Å²) in [5, 5.41) is 19.5. The van der Waals surface area contributed by atoms with Crippen LogP contribution in [0.4, 0.5) is 5.82 Å². The molecule has 3 N–H and O–H groups in total. The highest BCUT2D eigenvalue weighted by Gasteiger charge is 2.26. The van der Waals surface area contributed by atoms with E-state index in [2.05, 4.69) is 40.7 Å². The molecular weight excluding hydrogens is 434 g/mol. The first-order chi connectivity index (χ1) is 16.1. The van der Waals surface area contributed by atoms with Gasteiger partial charge >= 0.3 is 0 Å². The molecule has 3 aromatic rings. The molecule has 0 unspecified atom stereocenters. The third-order valence-electron chi connectivity index (χ3n) is 4.94. The average Bonchev–Trinajstić information content (AvgIpc) is 3.45. The summed E-state index contributed by atoms with van der Waals surface area (Å²) in [4.78, 5) is 15.2. The Morgan fingerprint density at radius 2 is 2.09 bits per heavy atom. The van der Waals surface area contributed by atoms with E-state index in [0.717, 1.165) is 0 Å². The number of hydrogen-bond acceptors (Lipinski definition) is 12. The third kappa shape index (κ3) is 4.91. The number of aromatic nitrogens is 5. The Kier molecular flexibility index (Phi) is 6.75. The maximum atomic E-state index is 13.1. The number of nitrogens with one attached hydrogen (secondary N) is 1. The van der Waals surface area contributed by atoms with Crippen LogP contribution in [-0.2, 0) is 11.3 Å². The molecule has 14 nitrogen and oxygen atoms in total. The van der Waals surface area contributed by atoms with Gasteiger partial charge in [-0.15, -0.1) is 5.10 Å². The van der Waals surface area contributed by atoms with Crippen molar-refractivity contribution in [2.45, 2.75) is 6.54 Å². The van der Waals surface area contributed by atoms with E-state index in [1.165, 1.54) is 18.0 Å². The normalized spacial score (nSPS) is 14.5. The van der Waals surface area contributed by atoms with Crippen molar-refractivity contribution < 1.29 is 23.6 Å². The van der Waals surface area contributed by atoms with Gasteiger partial charge < -0.3 is 19.9 Å². The van der Waals surface area contributed by atoms with Crippen LogP contribution in [0.1, 0.15) is 21.7 Å². The minimum absolute atomic E-state index is 0.0293. The summed E-state index contributed by atoms with van der Waals surface area (Å²) in [7, 11) is 3.09. The fraction of sp³-hybridized carbons (Fsp3) is 0.368. The molecule has 4 rings (SSSR count). The predicted molar refractivity (Wildman–Crippen MR) is 114 cm³/mol. The standard InChI is InChI=1S/C19H23N9O5/c1-30-13-4-3-12(15(9-13)31-2)10-21-23-19(29)16-14(11-27-5-7-32-8-6-27)22-26-28(16)18-17(20)24-33-25-18/h3-4,9-10H,5-8,11H2,1-2H3,(H2,20,24)(H,23,29). The van der Waals surface area contributed by atoms with Crippen LogP contribution in [-0.4, -0.2) is 82.9 Å². The molecule has 2 aromatic heterocycles. The number of hydrazone groups is 1. The first-order valence-corrected chi connectivity index (χ1v) is 9.99. The number of hydrogen-bond donors (Lipinski definition) is 2. The molecule has 1 aromatic carbocycles. The highest BCUT2D eigenvalue weighted by molar-refractivity contribution is 5.95. The van der Waals surface area contributed by atoms with E-state index in [4.69, 9.17) is 19.9 Å². The van der Waals surface area contributed by atoms with Crippen molar-refractivity contribution in [1.82, 2.24) is 35.6 Å². The van der Waals surface area contributed by atoms with E-state index in [1.54, 1.807) is 25.3 Å². The lowest BCUT2D eigenvalue weighted by molar-refractivity contribution is 0.0335. The monoisotopic (exact) mass is 457 g/mol. The summed E-state index contributed by atoms with van der Waals surface area (Å²) < 4.78 is 21.7. The molecule has 1 aliphatic rings. The molecule has 0 aliphatic carbocycles. The molecule has 0 atom stereocenters. The Hall–Kier alpha value is -4.04. The van der Waals surface area contributed by atoms with Gasteiger partial charge in [0, 0.05) is 31.3 Å². The van der Waals surface area contributed by atoms with E-state index in [1.807, 2.05) is 0 Å². The molecule has 1 aliphatic heterocycles. The number of carbonyl (C=O) groups is 1. The van der Waals surface area contributed by atoms with Gasteiger partial charge in [0.1, 0.15) is 17.2 Å². The summed E-state index contributed by atoms with van der Waals surface area (Å²) in [5.41, 5.74) is 9.47. The van der Waals surface area contributed by atoms with Crippen molar-refractivity contribution in [2.75, 3.05) is 46.3 Å². The van der Waals surface area contributed by atoms with Crippen LogP contribution in [0.15, 0.2) is 27.9 Å². The van der Waals surface area contributed by atoms with E-state index < -0.39 is 5.91 Å². The number of carbonyl (C=O) groups excluding carboxylic acids is 1. The fourth-order valence-electron chi connectivity index (χ4n) is 3.24. The molecule has 0 radical (unpaired) electrons. The number of anilines is 1. The summed E-state index contributed by atoms with van der Waals surface area (Å²) in [6.07, 6.45) is 1.46. The Balaban J connectivity index is 1.58. The van der Waals surface area contributed by atoms with Gasteiger partial charge in [0.2, 0.25) is 11.6 Å². The van der Waals surface area contributed by atoms with Gasteiger partial charge in [0.25, 0.3) is 5.91 Å². The van der Waals surface area contributed by atoms with Crippen LogP contribution in [0, 0.1) is 0 Å². The zero-order chi connectivity index (χ0) is 23.2. The number of morpholine rings is 1. The summed E-state index contributed by atoms with van der Waals surface area (Å²) in [6, 6.07) is 5.22. The second-order valence-corrected chi connectivity index (χ2v) is 6.97.